The SMILES string of the molecule is C[C@@H]1[C@@H](C)CCC[C@](C)([C@H]2OC[C@@H](N(C)C)CO2)[C@@H]2CC[C@H]2CN2C[C@@]3(CCCc4cc(Cl)ccc43)COc3ccc(cc32)C(=O)NS1(=O)=O. The minimum absolute atomic E-state index is 0.138. The van der Waals surface area contributed by atoms with E-state index in [9.17, 15) is 13.2 Å². The van der Waals surface area contributed by atoms with Crippen molar-refractivity contribution in [1.82, 2.24) is 9.62 Å². The van der Waals surface area contributed by atoms with E-state index in [1.165, 1.54) is 11.1 Å². The molecule has 2 fully saturated rings. The number of nitrogens with zero attached hydrogens (tertiary/aromatic N) is 2. The summed E-state index contributed by atoms with van der Waals surface area (Å²) in [6.07, 6.45) is 7.32. The highest BCUT2D eigenvalue weighted by Gasteiger charge is 2.52. The van der Waals surface area contributed by atoms with Gasteiger partial charge in [0.2, 0.25) is 10.0 Å². The lowest BCUT2D eigenvalue weighted by Crippen LogP contribution is -2.56. The summed E-state index contributed by atoms with van der Waals surface area (Å²) in [4.78, 5) is 18.2. The van der Waals surface area contributed by atoms with Crippen LogP contribution in [0.5, 0.6) is 5.75 Å². The number of sulfonamides is 1. The highest BCUT2D eigenvalue weighted by Crippen LogP contribution is 2.54. The fourth-order valence-electron chi connectivity index (χ4n) is 9.47. The van der Waals surface area contributed by atoms with Gasteiger partial charge >= 0.3 is 0 Å². The molecule has 9 nitrogen and oxygen atoms in total. The molecule has 1 saturated heterocycles. The van der Waals surface area contributed by atoms with Gasteiger partial charge in [0.05, 0.1) is 36.8 Å². The average molecular weight is 728 g/mol. The largest absolute Gasteiger partial charge is 0.490 e. The van der Waals surface area contributed by atoms with E-state index >= 15 is 0 Å². The van der Waals surface area contributed by atoms with E-state index in [-0.39, 0.29) is 29.1 Å². The molecule has 1 amide bonds. The Morgan fingerprint density at radius 3 is 2.50 bits per heavy atom. The Labute approximate surface area is 303 Å². The Balaban J connectivity index is 1.29. The van der Waals surface area contributed by atoms with Crippen LogP contribution in [0.1, 0.15) is 87.2 Å². The molecular weight excluding hydrogens is 674 g/mol. The highest BCUT2D eigenvalue weighted by molar-refractivity contribution is 7.90. The Bertz CT molecular complexity index is 1700. The number of anilines is 1. The smallest absolute Gasteiger partial charge is 0.264 e. The third-order valence-corrected chi connectivity index (χ3v) is 15.2. The van der Waals surface area contributed by atoms with Crippen molar-refractivity contribution in [3.05, 3.63) is 58.1 Å². The van der Waals surface area contributed by atoms with E-state index in [4.69, 9.17) is 25.8 Å². The van der Waals surface area contributed by atoms with Crippen LogP contribution in [0.3, 0.4) is 0 Å². The van der Waals surface area contributed by atoms with Crippen LogP contribution in [-0.2, 0) is 31.3 Å². The molecule has 2 aliphatic carbocycles. The van der Waals surface area contributed by atoms with Gasteiger partial charge in [-0.15, -0.1) is 0 Å². The predicted octanol–water partition coefficient (Wildman–Crippen LogP) is 6.42. The number of amides is 1. The first-order chi connectivity index (χ1) is 23.8. The van der Waals surface area contributed by atoms with Crippen molar-refractivity contribution in [2.75, 3.05) is 51.9 Å². The number of ether oxygens (including phenoxy) is 3. The monoisotopic (exact) mass is 727 g/mol. The predicted molar refractivity (Wildman–Crippen MR) is 197 cm³/mol. The molecule has 6 atom stereocenters. The molecule has 2 aromatic carbocycles. The molecule has 3 heterocycles. The van der Waals surface area contributed by atoms with Crippen LogP contribution in [0.2, 0.25) is 5.02 Å². The summed E-state index contributed by atoms with van der Waals surface area (Å²) in [5, 5.41) is 0.0177. The summed E-state index contributed by atoms with van der Waals surface area (Å²) in [7, 11) is 0.207. The molecule has 2 bridgehead atoms. The number of benzene rings is 2. The van der Waals surface area contributed by atoms with Crippen LogP contribution >= 0.6 is 11.6 Å². The number of nitrogens with one attached hydrogen (secondary N) is 1. The summed E-state index contributed by atoms with van der Waals surface area (Å²) < 4.78 is 49.3. The molecule has 0 radical (unpaired) electrons. The van der Waals surface area contributed by atoms with Crippen molar-refractivity contribution in [3.8, 4) is 5.75 Å². The topological polar surface area (TPSA) is 97.4 Å². The molecule has 1 saturated carbocycles. The van der Waals surface area contributed by atoms with E-state index in [1.54, 1.807) is 13.0 Å². The number of fused-ring (bicyclic) bond motifs is 4. The summed E-state index contributed by atoms with van der Waals surface area (Å²) in [6.45, 7) is 9.32. The molecule has 274 valence electrons. The second kappa shape index (κ2) is 13.9. The second-order valence-electron chi connectivity index (χ2n) is 16.4. The molecule has 50 heavy (non-hydrogen) atoms. The highest BCUT2D eigenvalue weighted by atomic mass is 35.5. The maximum atomic E-state index is 13.6. The van der Waals surface area contributed by atoms with Crippen LogP contribution in [0, 0.1) is 23.2 Å². The molecule has 2 aromatic rings. The number of likely N-dealkylation sites (N-methyl/N-ethyl adjacent to an activating group) is 1. The summed E-state index contributed by atoms with van der Waals surface area (Å²) in [6, 6.07) is 11.9. The van der Waals surface area contributed by atoms with Gasteiger partial charge in [-0.1, -0.05) is 37.9 Å². The van der Waals surface area contributed by atoms with Crippen molar-refractivity contribution in [2.24, 2.45) is 23.2 Å². The summed E-state index contributed by atoms with van der Waals surface area (Å²) in [5.74, 6) is 0.726. The van der Waals surface area contributed by atoms with Gasteiger partial charge in [-0.05, 0) is 125 Å². The van der Waals surface area contributed by atoms with Gasteiger partial charge < -0.3 is 24.0 Å². The molecule has 1 N–H and O–H groups in total. The average Bonchev–Trinajstić information content (AvgIpc) is 3.22. The van der Waals surface area contributed by atoms with Crippen LogP contribution < -0.4 is 14.4 Å². The van der Waals surface area contributed by atoms with Crippen molar-refractivity contribution in [2.45, 2.75) is 95.1 Å². The molecule has 7 rings (SSSR count). The maximum absolute atomic E-state index is 13.6. The number of rotatable bonds is 2. The standard InChI is InChI=1S/C39H54ClN3O6S/c1-25-8-6-16-38(3,37-47-21-31(22-48-37)42(4)5)32-13-10-29(32)20-43-23-39(17-7-9-27-18-30(40)12-14-33(27)39)24-49-35-15-11-28(19-34(35)43)36(44)41-50(45,46)26(25)2/h11-12,14-15,18-19,25-26,29,31-32,37H,6-10,13,16-17,20-24H2,1-5H3,(H,41,44)/t25-,26+,29-,31-,32+,37+,38-,39-/m0/s1. The molecule has 1 spiro atoms. The van der Waals surface area contributed by atoms with Crippen molar-refractivity contribution in [3.63, 3.8) is 0 Å². The lowest BCUT2D eigenvalue weighted by Gasteiger charge is -2.54. The Hall–Kier alpha value is -2.37. The van der Waals surface area contributed by atoms with Crippen LogP contribution in [0.15, 0.2) is 36.4 Å². The second-order valence-corrected chi connectivity index (χ2v) is 18.9. The van der Waals surface area contributed by atoms with Gasteiger partial charge in [-0.3, -0.25) is 4.79 Å². The lowest BCUT2D eigenvalue weighted by molar-refractivity contribution is -0.272. The van der Waals surface area contributed by atoms with Crippen LogP contribution in [0.25, 0.3) is 0 Å². The van der Waals surface area contributed by atoms with Gasteiger partial charge in [0.15, 0.2) is 6.29 Å². The number of carbonyl (C=O) groups is 1. The van der Waals surface area contributed by atoms with E-state index in [1.807, 2.05) is 25.1 Å². The fourth-order valence-corrected chi connectivity index (χ4v) is 11.0. The number of carbonyl (C=O) groups excluding carboxylic acids is 1. The van der Waals surface area contributed by atoms with Gasteiger partial charge in [-0.2, -0.15) is 0 Å². The minimum atomic E-state index is -3.92. The minimum Gasteiger partial charge on any atom is -0.490 e. The summed E-state index contributed by atoms with van der Waals surface area (Å²) in [5.41, 5.74) is 3.22. The van der Waals surface area contributed by atoms with Crippen molar-refractivity contribution in [1.29, 1.82) is 0 Å². The number of hydrogen-bond acceptors (Lipinski definition) is 8. The fraction of sp³-hybridized carbons (Fsp3) is 0.667. The van der Waals surface area contributed by atoms with Gasteiger partial charge in [0, 0.05) is 34.5 Å². The maximum Gasteiger partial charge on any atom is 0.264 e. The normalized spacial score (nSPS) is 36.0. The van der Waals surface area contributed by atoms with Crippen LogP contribution in [0.4, 0.5) is 5.69 Å². The Kier molecular flexibility index (Phi) is 10.00. The number of hydrogen-bond donors (Lipinski definition) is 1. The van der Waals surface area contributed by atoms with Gasteiger partial charge in [0.25, 0.3) is 5.91 Å². The number of aryl methyl sites for hydroxylation is 1. The first kappa shape index (κ1) is 36.0. The molecule has 5 aliphatic rings. The Morgan fingerprint density at radius 2 is 1.78 bits per heavy atom. The van der Waals surface area contributed by atoms with E-state index in [0.717, 1.165) is 80.9 Å². The zero-order valence-electron chi connectivity index (χ0n) is 30.3. The van der Waals surface area contributed by atoms with Gasteiger partial charge in [0.1, 0.15) is 5.75 Å². The van der Waals surface area contributed by atoms with E-state index in [0.29, 0.717) is 37.2 Å². The number of halogens is 1. The zero-order chi connectivity index (χ0) is 35.4. The molecule has 0 unspecified atom stereocenters. The lowest BCUT2D eigenvalue weighted by atomic mass is 9.57. The van der Waals surface area contributed by atoms with Crippen molar-refractivity contribution < 1.29 is 27.4 Å². The summed E-state index contributed by atoms with van der Waals surface area (Å²) >= 11 is 6.48. The molecule has 3 aliphatic heterocycles. The third kappa shape index (κ3) is 6.68. The molecular formula is C39H54ClN3O6S. The van der Waals surface area contributed by atoms with E-state index < -0.39 is 21.2 Å². The van der Waals surface area contributed by atoms with E-state index in [2.05, 4.69) is 47.7 Å². The van der Waals surface area contributed by atoms with Gasteiger partial charge in [-0.25, -0.2) is 13.1 Å². The Morgan fingerprint density at radius 1 is 1.00 bits per heavy atom. The molecule has 11 heteroatoms. The quantitative estimate of drug-likeness (QED) is 0.379. The van der Waals surface area contributed by atoms with Crippen molar-refractivity contribution >= 4 is 33.2 Å². The first-order valence-electron chi connectivity index (χ1n) is 18.6. The van der Waals surface area contributed by atoms with Crippen LogP contribution in [-0.4, -0.2) is 83.8 Å². The molecule has 0 aromatic heterocycles. The zero-order valence-corrected chi connectivity index (χ0v) is 31.8. The first-order valence-corrected chi connectivity index (χ1v) is 20.5. The third-order valence-electron chi connectivity index (χ3n) is 13.1.